The quantitative estimate of drug-likeness (QED) is 0.809. The number of carbonyl (C=O) groups is 1. The second kappa shape index (κ2) is 9.07. The van der Waals surface area contributed by atoms with Crippen LogP contribution >= 0.6 is 24.0 Å². The summed E-state index contributed by atoms with van der Waals surface area (Å²) in [4.78, 5) is 14.4. The number of likely N-dealkylation sites (tertiary alicyclic amines) is 1. The standard InChI is InChI=1S/C16H21ClF3N3O.ClH/c1-10(23-7-3-4-12(9-23)21-2)15(24)22-14-6-5-11(17)8-13(14)16(18,19)20;/h5-6,8,10,12,21H,3-4,7,9H2,1-2H3,(H,22,24);1H. The Morgan fingerprint density at radius 1 is 1.40 bits per heavy atom. The Labute approximate surface area is 156 Å². The fourth-order valence-corrected chi connectivity index (χ4v) is 3.03. The van der Waals surface area contributed by atoms with E-state index in [9.17, 15) is 18.0 Å². The number of nitrogens with zero attached hydrogens (tertiary/aromatic N) is 1. The van der Waals surface area contributed by atoms with Crippen LogP contribution in [-0.2, 0) is 11.0 Å². The van der Waals surface area contributed by atoms with Crippen LogP contribution in [0, 0.1) is 0 Å². The van der Waals surface area contributed by atoms with E-state index in [1.54, 1.807) is 6.92 Å². The van der Waals surface area contributed by atoms with Crippen molar-refractivity contribution < 1.29 is 18.0 Å². The van der Waals surface area contributed by atoms with Gasteiger partial charge in [0.25, 0.3) is 0 Å². The van der Waals surface area contributed by atoms with Gasteiger partial charge in [0.05, 0.1) is 17.3 Å². The molecule has 2 unspecified atom stereocenters. The number of nitrogens with one attached hydrogen (secondary N) is 2. The molecule has 4 nitrogen and oxygen atoms in total. The van der Waals surface area contributed by atoms with Crippen molar-refractivity contribution in [2.45, 2.75) is 38.0 Å². The van der Waals surface area contributed by atoms with Crippen LogP contribution < -0.4 is 10.6 Å². The van der Waals surface area contributed by atoms with Crippen LogP contribution in [0.5, 0.6) is 0 Å². The zero-order chi connectivity index (χ0) is 17.9. The first kappa shape index (κ1) is 22.0. The zero-order valence-electron chi connectivity index (χ0n) is 14.0. The molecule has 0 radical (unpaired) electrons. The van der Waals surface area contributed by atoms with Crippen LogP contribution in [0.3, 0.4) is 0 Å². The first-order valence-corrected chi connectivity index (χ1v) is 8.19. The van der Waals surface area contributed by atoms with E-state index >= 15 is 0 Å². The van der Waals surface area contributed by atoms with Crippen molar-refractivity contribution in [1.82, 2.24) is 10.2 Å². The minimum atomic E-state index is -4.58. The predicted octanol–water partition coefficient (Wildman–Crippen LogP) is 3.79. The van der Waals surface area contributed by atoms with Crippen LogP contribution in [0.15, 0.2) is 18.2 Å². The Morgan fingerprint density at radius 2 is 2.08 bits per heavy atom. The molecule has 2 N–H and O–H groups in total. The fourth-order valence-electron chi connectivity index (χ4n) is 2.86. The topological polar surface area (TPSA) is 44.4 Å². The first-order chi connectivity index (χ1) is 11.2. The van der Waals surface area contributed by atoms with Crippen LogP contribution in [0.1, 0.15) is 25.3 Å². The lowest BCUT2D eigenvalue weighted by Crippen LogP contribution is -2.51. The molecule has 142 valence electrons. The Hall–Kier alpha value is -1.02. The van der Waals surface area contributed by atoms with Gasteiger partial charge in [-0.05, 0) is 51.6 Å². The number of alkyl halides is 3. The van der Waals surface area contributed by atoms with Gasteiger partial charge in [0.2, 0.25) is 5.91 Å². The van der Waals surface area contributed by atoms with Crippen molar-refractivity contribution in [1.29, 1.82) is 0 Å². The zero-order valence-corrected chi connectivity index (χ0v) is 15.6. The van der Waals surface area contributed by atoms with Gasteiger partial charge in [0.1, 0.15) is 0 Å². The highest BCUT2D eigenvalue weighted by Gasteiger charge is 2.35. The number of hydrogen-bond acceptors (Lipinski definition) is 3. The summed E-state index contributed by atoms with van der Waals surface area (Å²) >= 11 is 5.65. The molecule has 2 atom stereocenters. The summed E-state index contributed by atoms with van der Waals surface area (Å²) in [5.74, 6) is -0.459. The molecule has 0 aromatic heterocycles. The summed E-state index contributed by atoms with van der Waals surface area (Å²) < 4.78 is 39.3. The van der Waals surface area contributed by atoms with E-state index in [0.29, 0.717) is 6.54 Å². The molecule has 2 rings (SSSR count). The highest BCUT2D eigenvalue weighted by molar-refractivity contribution is 6.30. The third-order valence-corrected chi connectivity index (χ3v) is 4.57. The van der Waals surface area contributed by atoms with Crippen LogP contribution in [0.25, 0.3) is 0 Å². The maximum absolute atomic E-state index is 13.1. The fraction of sp³-hybridized carbons (Fsp3) is 0.562. The monoisotopic (exact) mass is 399 g/mol. The van der Waals surface area contributed by atoms with E-state index < -0.39 is 23.7 Å². The molecule has 9 heteroatoms. The minimum absolute atomic E-state index is 0. The van der Waals surface area contributed by atoms with E-state index in [2.05, 4.69) is 10.6 Å². The molecule has 0 spiro atoms. The van der Waals surface area contributed by atoms with Crippen molar-refractivity contribution in [3.8, 4) is 0 Å². The molecule has 1 heterocycles. The SMILES string of the molecule is CNC1CCCN(C(C)C(=O)Nc2ccc(Cl)cc2C(F)(F)F)C1.Cl. The molecule has 1 aliphatic heterocycles. The molecule has 0 saturated carbocycles. The summed E-state index contributed by atoms with van der Waals surface area (Å²) in [6.07, 6.45) is -2.62. The molecule has 1 aromatic carbocycles. The van der Waals surface area contributed by atoms with Gasteiger partial charge in [0.15, 0.2) is 0 Å². The van der Waals surface area contributed by atoms with E-state index in [4.69, 9.17) is 11.6 Å². The number of carbonyl (C=O) groups excluding carboxylic acids is 1. The highest BCUT2D eigenvalue weighted by atomic mass is 35.5. The molecule has 0 bridgehead atoms. The number of likely N-dealkylation sites (N-methyl/N-ethyl adjacent to an activating group) is 1. The summed E-state index contributed by atoms with van der Waals surface area (Å²) in [6, 6.07) is 3.10. The summed E-state index contributed by atoms with van der Waals surface area (Å²) in [5, 5.41) is 5.54. The van der Waals surface area contributed by atoms with Gasteiger partial charge in [0, 0.05) is 17.6 Å². The number of halogens is 5. The third kappa shape index (κ3) is 5.74. The lowest BCUT2D eigenvalue weighted by Gasteiger charge is -2.36. The highest BCUT2D eigenvalue weighted by Crippen LogP contribution is 2.36. The van der Waals surface area contributed by atoms with Crippen LogP contribution in [-0.4, -0.2) is 43.0 Å². The lowest BCUT2D eigenvalue weighted by molar-refractivity contribution is -0.137. The van der Waals surface area contributed by atoms with E-state index in [0.717, 1.165) is 25.5 Å². The lowest BCUT2D eigenvalue weighted by atomic mass is 10.0. The second-order valence-corrected chi connectivity index (χ2v) is 6.41. The Bertz CT molecular complexity index is 598. The summed E-state index contributed by atoms with van der Waals surface area (Å²) in [5.41, 5.74) is -1.21. The first-order valence-electron chi connectivity index (χ1n) is 7.81. The number of anilines is 1. The molecule has 1 saturated heterocycles. The number of piperidine rings is 1. The number of rotatable bonds is 4. The van der Waals surface area contributed by atoms with Gasteiger partial charge in [-0.2, -0.15) is 13.2 Å². The van der Waals surface area contributed by atoms with Crippen molar-refractivity contribution in [2.75, 3.05) is 25.5 Å². The molecule has 25 heavy (non-hydrogen) atoms. The third-order valence-electron chi connectivity index (χ3n) is 4.33. The van der Waals surface area contributed by atoms with Crippen LogP contribution in [0.4, 0.5) is 18.9 Å². The van der Waals surface area contributed by atoms with Crippen molar-refractivity contribution in [3.63, 3.8) is 0 Å². The van der Waals surface area contributed by atoms with Gasteiger partial charge >= 0.3 is 6.18 Å². The average Bonchev–Trinajstić information content (AvgIpc) is 2.54. The number of amides is 1. The number of hydrogen-bond donors (Lipinski definition) is 2. The molecule has 1 aromatic rings. The smallest absolute Gasteiger partial charge is 0.324 e. The largest absolute Gasteiger partial charge is 0.418 e. The van der Waals surface area contributed by atoms with Crippen molar-refractivity contribution in [2.24, 2.45) is 0 Å². The maximum Gasteiger partial charge on any atom is 0.418 e. The molecular formula is C16H22Cl2F3N3O. The molecule has 0 aliphatic carbocycles. The van der Waals surface area contributed by atoms with Gasteiger partial charge in [-0.3, -0.25) is 9.69 Å². The molecule has 1 amide bonds. The maximum atomic E-state index is 13.1. The number of benzene rings is 1. The molecule has 1 fully saturated rings. The van der Waals surface area contributed by atoms with E-state index in [1.165, 1.54) is 12.1 Å². The van der Waals surface area contributed by atoms with E-state index in [1.807, 2.05) is 11.9 Å². The van der Waals surface area contributed by atoms with Gasteiger partial charge in [-0.15, -0.1) is 12.4 Å². The van der Waals surface area contributed by atoms with Crippen LogP contribution in [0.2, 0.25) is 5.02 Å². The molecular weight excluding hydrogens is 378 g/mol. The van der Waals surface area contributed by atoms with Crippen molar-refractivity contribution >= 4 is 35.6 Å². The normalized spacial score (nSPS) is 19.8. The second-order valence-electron chi connectivity index (χ2n) is 5.98. The van der Waals surface area contributed by atoms with Gasteiger partial charge < -0.3 is 10.6 Å². The summed E-state index contributed by atoms with van der Waals surface area (Å²) in [7, 11) is 1.86. The molecule has 1 aliphatic rings. The predicted molar refractivity (Wildman–Crippen MR) is 95.4 cm³/mol. The Kier molecular flexibility index (Phi) is 7.99. The minimum Gasteiger partial charge on any atom is -0.324 e. The van der Waals surface area contributed by atoms with Crippen molar-refractivity contribution in [3.05, 3.63) is 28.8 Å². The Morgan fingerprint density at radius 3 is 2.68 bits per heavy atom. The van der Waals surface area contributed by atoms with Gasteiger partial charge in [-0.1, -0.05) is 11.6 Å². The average molecular weight is 400 g/mol. The Balaban J connectivity index is 0.00000312. The summed E-state index contributed by atoms with van der Waals surface area (Å²) in [6.45, 7) is 3.15. The van der Waals surface area contributed by atoms with Gasteiger partial charge in [-0.25, -0.2) is 0 Å². The van der Waals surface area contributed by atoms with E-state index in [-0.39, 0.29) is 29.2 Å².